The largest absolute Gasteiger partial charge is 0.0776 e. The van der Waals surface area contributed by atoms with E-state index in [-0.39, 0.29) is 12.8 Å². The number of hydrogen-bond donors (Lipinski definition) is 0. The molecule has 139 heavy (non-hydrogen) atoms. The van der Waals surface area contributed by atoms with Gasteiger partial charge >= 0.3 is 0 Å². The first-order valence-electron chi connectivity index (χ1n) is 60.1. The predicted molar refractivity (Wildman–Crippen MR) is 626 cm³/mol. The van der Waals surface area contributed by atoms with Gasteiger partial charge in [0, 0.05) is 16.2 Å². The molecule has 9 aromatic rings. The van der Waals surface area contributed by atoms with Crippen LogP contribution in [0.5, 0.6) is 0 Å². The Morgan fingerprint density at radius 1 is 0.209 bits per heavy atom. The lowest BCUT2D eigenvalue weighted by atomic mass is 9.53. The molecule has 0 heteroatoms. The highest BCUT2D eigenvalue weighted by Crippen LogP contribution is 2.80. The lowest BCUT2D eigenvalue weighted by Gasteiger charge is -2.49. The lowest BCUT2D eigenvalue weighted by molar-refractivity contribution is 0.0750. The number of rotatable bonds is 0. The summed E-state index contributed by atoms with van der Waals surface area (Å²) in [6.45, 7) is 80.8. The van der Waals surface area contributed by atoms with Crippen molar-refractivity contribution in [3.8, 4) is 11.1 Å². The van der Waals surface area contributed by atoms with Gasteiger partial charge in [0.05, 0.1) is 5.41 Å². The van der Waals surface area contributed by atoms with Crippen LogP contribution in [0.1, 0.15) is 553 Å². The quantitative estimate of drug-likeness (QED) is 0.142. The molecule has 0 aromatic heterocycles. The third-order valence-electron chi connectivity index (χ3n) is 33.9. The van der Waals surface area contributed by atoms with Gasteiger partial charge in [-0.05, 0) is 350 Å². The smallest absolute Gasteiger partial charge is 0.0505 e. The van der Waals surface area contributed by atoms with Gasteiger partial charge in [-0.2, -0.15) is 0 Å². The highest BCUT2D eigenvalue weighted by molar-refractivity contribution is 5.87. The summed E-state index contributed by atoms with van der Waals surface area (Å²) in [5, 5.41) is 0. The maximum absolute atomic E-state index is 2.53. The fraction of sp³-hybridized carbons (Fsp3) is 0.612. The molecule has 20 unspecified atom stereocenters. The number of fused-ring (bicyclic) bond motifs is 16. The van der Waals surface area contributed by atoms with E-state index in [1.807, 2.05) is 266 Å². The molecule has 772 valence electrons. The molecule has 0 aliphatic heterocycles. The van der Waals surface area contributed by atoms with Gasteiger partial charge in [-0.15, -0.1) is 0 Å². The summed E-state index contributed by atoms with van der Waals surface area (Å²) in [4.78, 5) is 0. The highest BCUT2D eigenvalue weighted by Gasteiger charge is 2.73. The van der Waals surface area contributed by atoms with Crippen LogP contribution in [-0.2, 0) is 40.9 Å². The standard InChI is InChI=1S/C25H20.3C24H24.C5H12.18C2H6.CH4/c1-3-10-21-17(7-1)19-9-5-6-15-14-16-12-13-20-18-8-2-4-11-22(18)25(21,23(15)19)24(16)20;1-5-14-13-15-6-2-10-19-17-8-4-12-21(17)24(23(15)19)20-11-3-7-16(20)18(9-1)22(14)24;1-3-7-20-16(5-1)18-11-9-14-13-15-10-12-19-17-6-2-4-8-21(17)24(20,22(14)18)23(15)19;1-2-9-20-16(6-1)19-12-11-15-13-14-5-3-8-18-17-7-4-10-21(17)24(20,22(14)18)23(15)19;1-5(2,3)4;18*1-2;/h1-11,16,20,24H,12-14H2;1-2,5-6,9-10,16-17,20-21H,3-4,7-8,11-13H2;1-8,14-15,18-19,22-23H,9-13H2;1-3,5-6,8-9,15,17,19,21,23H,4,7,10-13H2;1-4H3;18*1-2H3;1H4. The van der Waals surface area contributed by atoms with Gasteiger partial charge in [0.25, 0.3) is 0 Å². The van der Waals surface area contributed by atoms with Crippen molar-refractivity contribution in [2.24, 2.45) is 70.5 Å². The second-order valence-corrected chi connectivity index (χ2v) is 38.9. The van der Waals surface area contributed by atoms with Gasteiger partial charge in [-0.25, -0.2) is 0 Å². The van der Waals surface area contributed by atoms with Crippen molar-refractivity contribution in [3.05, 3.63) is 305 Å². The Balaban J connectivity index is 0.000000290. The van der Waals surface area contributed by atoms with Crippen LogP contribution in [0.3, 0.4) is 0 Å². The second kappa shape index (κ2) is 57.6. The van der Waals surface area contributed by atoms with Gasteiger partial charge in [-0.3, -0.25) is 0 Å². The van der Waals surface area contributed by atoms with Crippen LogP contribution in [-0.4, -0.2) is 0 Å². The zero-order valence-electron chi connectivity index (χ0n) is 97.2. The Labute approximate surface area is 863 Å². The van der Waals surface area contributed by atoms with E-state index in [2.05, 4.69) is 222 Å². The molecule has 0 heterocycles. The van der Waals surface area contributed by atoms with Gasteiger partial charge in [0.1, 0.15) is 0 Å². The van der Waals surface area contributed by atoms with Gasteiger partial charge < -0.3 is 0 Å². The molecular formula is C139H216. The van der Waals surface area contributed by atoms with Crippen LogP contribution in [0, 0.1) is 70.5 Å². The SMILES string of the molecule is C.CC.CC.CC.CC.CC.CC.CC.CC.CC.CC.CC.CC.CC.CC.CC.CC.CC.CC.CC(C)(C)C.c1cc2c3c(c1)C1CCCC1C31c3c(cccc3C3CCCC31)C2.c1cc2c3c(c1)C1CCCC1C31c3ccccc3C3CCC(C2)C31.c1ccc2c(c1)-c1cccc3c1C21c2ccccc2C2CCC(C3)C21.c1ccc2c(c1)C1CCC3CC4CCC5c6ccccc6C2(C31)C45. The molecule has 28 rings (SSSR count). The summed E-state index contributed by atoms with van der Waals surface area (Å²) >= 11 is 0. The molecule has 0 N–H and O–H groups in total. The van der Waals surface area contributed by atoms with E-state index in [0.717, 1.165) is 107 Å². The average Bonchev–Trinajstić information content (AvgIpc) is 1.50. The molecule has 0 radical (unpaired) electrons. The minimum atomic E-state index is 0. The first-order chi connectivity index (χ1) is 68.1. The zero-order chi connectivity index (χ0) is 103. The van der Waals surface area contributed by atoms with E-state index in [1.54, 1.807) is 94.6 Å². The van der Waals surface area contributed by atoms with Crippen LogP contribution < -0.4 is 0 Å². The minimum absolute atomic E-state index is 0. The summed E-state index contributed by atoms with van der Waals surface area (Å²) in [6.07, 6.45) is 30.0. The molecule has 9 aromatic carbocycles. The third kappa shape index (κ3) is 20.0. The van der Waals surface area contributed by atoms with Crippen molar-refractivity contribution >= 4 is 0 Å². The number of hydrogen-bond acceptors (Lipinski definition) is 0. The summed E-state index contributed by atoms with van der Waals surface area (Å²) < 4.78 is 0. The minimum Gasteiger partial charge on any atom is -0.0776 e. The molecule has 8 saturated carbocycles. The topological polar surface area (TPSA) is 0 Å². The van der Waals surface area contributed by atoms with Crippen LogP contribution in [0.4, 0.5) is 0 Å². The summed E-state index contributed by atoms with van der Waals surface area (Å²) in [5.74, 6) is 15.8. The van der Waals surface area contributed by atoms with Crippen molar-refractivity contribution in [1.82, 2.24) is 0 Å². The predicted octanol–water partition coefficient (Wildman–Crippen LogP) is 43.7. The van der Waals surface area contributed by atoms with Gasteiger partial charge in [-0.1, -0.05) is 498 Å². The first-order valence-corrected chi connectivity index (χ1v) is 60.1. The highest BCUT2D eigenvalue weighted by atomic mass is 14.8. The van der Waals surface area contributed by atoms with E-state index >= 15 is 0 Å². The van der Waals surface area contributed by atoms with Crippen molar-refractivity contribution < 1.29 is 0 Å². The normalized spacial score (nSPS) is 29.0. The third-order valence-corrected chi connectivity index (χ3v) is 33.9. The zero-order valence-corrected chi connectivity index (χ0v) is 97.2. The second-order valence-electron chi connectivity index (χ2n) is 38.9. The summed E-state index contributed by atoms with van der Waals surface area (Å²) in [7, 11) is 0. The van der Waals surface area contributed by atoms with Gasteiger partial charge in [0.15, 0.2) is 0 Å². The molecule has 20 atom stereocenters. The first kappa shape index (κ1) is 122. The van der Waals surface area contributed by atoms with Crippen molar-refractivity contribution in [3.63, 3.8) is 0 Å². The van der Waals surface area contributed by atoms with E-state index in [0.29, 0.717) is 21.7 Å². The van der Waals surface area contributed by atoms with Crippen LogP contribution in [0.15, 0.2) is 194 Å². The molecular weight excluding hydrogens is 1670 g/mol. The fourth-order valence-corrected chi connectivity index (χ4v) is 32.6. The van der Waals surface area contributed by atoms with E-state index in [1.165, 1.54) is 146 Å². The molecule has 0 nitrogen and oxygen atoms in total. The Kier molecular flexibility index (Phi) is 50.8. The molecule has 0 bridgehead atoms. The monoisotopic (exact) mass is 1890 g/mol. The molecule has 19 aliphatic carbocycles. The Hall–Kier alpha value is -7.02. The maximum atomic E-state index is 2.53. The van der Waals surface area contributed by atoms with Crippen molar-refractivity contribution in [1.29, 1.82) is 0 Å². The molecule has 0 saturated heterocycles. The summed E-state index contributed by atoms with van der Waals surface area (Å²) in [6, 6.07) is 76.6. The summed E-state index contributed by atoms with van der Waals surface area (Å²) in [5.41, 5.74) is 39.3. The van der Waals surface area contributed by atoms with E-state index in [9.17, 15) is 0 Å². The van der Waals surface area contributed by atoms with Crippen LogP contribution >= 0.6 is 0 Å². The average molecular weight is 1890 g/mol. The maximum Gasteiger partial charge on any atom is 0.0505 e. The molecule has 8 fully saturated rings. The molecule has 19 aliphatic rings. The van der Waals surface area contributed by atoms with Crippen LogP contribution in [0.25, 0.3) is 11.1 Å². The van der Waals surface area contributed by atoms with E-state index in [4.69, 9.17) is 0 Å². The number of benzene rings is 9. The Morgan fingerprint density at radius 2 is 0.468 bits per heavy atom. The molecule has 4 spiro atoms. The van der Waals surface area contributed by atoms with Crippen molar-refractivity contribution in [2.75, 3.05) is 0 Å². The van der Waals surface area contributed by atoms with Crippen LogP contribution in [0.2, 0.25) is 0 Å². The Morgan fingerprint density at radius 3 is 0.849 bits per heavy atom. The lowest BCUT2D eigenvalue weighted by Crippen LogP contribution is -2.47. The van der Waals surface area contributed by atoms with Gasteiger partial charge in [0.2, 0.25) is 0 Å². The van der Waals surface area contributed by atoms with Crippen molar-refractivity contribution in [2.45, 2.75) is 482 Å². The van der Waals surface area contributed by atoms with E-state index < -0.39 is 0 Å². The Bertz CT molecular complexity index is 4830. The molecule has 0 amide bonds. The fourth-order valence-electron chi connectivity index (χ4n) is 32.6.